The number of carbonyl (C=O) groups excluding carboxylic acids is 2. The van der Waals surface area contributed by atoms with E-state index in [1.165, 1.54) is 13.0 Å². The maximum atomic E-state index is 13.4. The number of halogens is 4. The summed E-state index contributed by atoms with van der Waals surface area (Å²) in [7, 11) is -4.16. The Morgan fingerprint density at radius 2 is 1.78 bits per heavy atom. The number of hydrogen-bond donors (Lipinski definition) is 1. The van der Waals surface area contributed by atoms with Crippen LogP contribution in [-0.4, -0.2) is 50.5 Å². The normalized spacial score (nSPS) is 12.6. The van der Waals surface area contributed by atoms with E-state index >= 15 is 0 Å². The number of carbonyl (C=O) groups is 2. The lowest BCUT2D eigenvalue weighted by Gasteiger charge is -2.31. The van der Waals surface area contributed by atoms with Crippen LogP contribution < -0.4 is 9.62 Å². The third kappa shape index (κ3) is 8.12. The third-order valence-electron chi connectivity index (χ3n) is 5.44. The van der Waals surface area contributed by atoms with E-state index in [9.17, 15) is 31.2 Å². The molecule has 2 rings (SSSR count). The Morgan fingerprint density at radius 1 is 1.11 bits per heavy atom. The minimum Gasteiger partial charge on any atom is -0.354 e. The second kappa shape index (κ2) is 12.4. The maximum absolute atomic E-state index is 13.4. The van der Waals surface area contributed by atoms with Crippen LogP contribution in [0.1, 0.15) is 37.8 Å². The molecule has 0 fully saturated rings. The molecule has 0 aliphatic heterocycles. The van der Waals surface area contributed by atoms with Gasteiger partial charge in [-0.3, -0.25) is 13.9 Å². The van der Waals surface area contributed by atoms with Gasteiger partial charge in [-0.1, -0.05) is 49.2 Å². The van der Waals surface area contributed by atoms with E-state index in [1.54, 1.807) is 24.3 Å². The summed E-state index contributed by atoms with van der Waals surface area (Å²) in [4.78, 5) is 27.3. The molecule has 1 atom stereocenters. The van der Waals surface area contributed by atoms with E-state index in [4.69, 9.17) is 11.6 Å². The van der Waals surface area contributed by atoms with Gasteiger partial charge < -0.3 is 10.2 Å². The summed E-state index contributed by atoms with van der Waals surface area (Å²) in [5, 5.41) is 3.08. The summed E-state index contributed by atoms with van der Waals surface area (Å²) in [6, 6.07) is 9.34. The summed E-state index contributed by atoms with van der Waals surface area (Å²) in [6.07, 6.45) is -2.34. The Morgan fingerprint density at radius 3 is 2.36 bits per heavy atom. The SMILES string of the molecule is CCCCNC(=O)C(C)N(Cc1ccccc1Cl)C(=O)CN(c1cccc(C(F)(F)F)c1)S(C)(=O)=O. The highest BCUT2D eigenvalue weighted by molar-refractivity contribution is 7.92. The number of unbranched alkanes of at least 4 members (excludes halogenated alkanes) is 1. The molecule has 198 valence electrons. The number of hydrogen-bond acceptors (Lipinski definition) is 4. The zero-order valence-electron chi connectivity index (χ0n) is 20.2. The lowest BCUT2D eigenvalue weighted by Crippen LogP contribution is -2.51. The molecule has 12 heteroatoms. The predicted molar refractivity (Wildman–Crippen MR) is 133 cm³/mol. The van der Waals surface area contributed by atoms with Gasteiger partial charge in [-0.25, -0.2) is 8.42 Å². The van der Waals surface area contributed by atoms with E-state index in [2.05, 4.69) is 5.32 Å². The van der Waals surface area contributed by atoms with Gasteiger partial charge in [-0.15, -0.1) is 0 Å². The highest BCUT2D eigenvalue weighted by Gasteiger charge is 2.33. The van der Waals surface area contributed by atoms with Crippen LogP contribution >= 0.6 is 11.6 Å². The Kier molecular flexibility index (Phi) is 10.2. The molecule has 0 radical (unpaired) electrons. The average Bonchev–Trinajstić information content (AvgIpc) is 2.80. The molecule has 2 amide bonds. The average molecular weight is 548 g/mol. The lowest BCUT2D eigenvalue weighted by atomic mass is 10.1. The number of rotatable bonds is 11. The molecular formula is C24H29ClF3N3O4S. The molecule has 2 aromatic carbocycles. The maximum Gasteiger partial charge on any atom is 0.416 e. The van der Waals surface area contributed by atoms with Gasteiger partial charge >= 0.3 is 6.18 Å². The van der Waals surface area contributed by atoms with E-state index in [1.807, 2.05) is 6.92 Å². The van der Waals surface area contributed by atoms with Crippen molar-refractivity contribution in [2.24, 2.45) is 0 Å². The van der Waals surface area contributed by atoms with Crippen molar-refractivity contribution >= 4 is 39.1 Å². The van der Waals surface area contributed by atoms with Crippen molar-refractivity contribution in [2.45, 2.75) is 45.5 Å². The smallest absolute Gasteiger partial charge is 0.354 e. The van der Waals surface area contributed by atoms with E-state index < -0.39 is 46.2 Å². The fraction of sp³-hybridized carbons (Fsp3) is 0.417. The quantitative estimate of drug-likeness (QED) is 0.421. The Balaban J connectivity index is 2.42. The Bertz CT molecular complexity index is 1180. The van der Waals surface area contributed by atoms with Gasteiger partial charge in [0.15, 0.2) is 0 Å². The summed E-state index contributed by atoms with van der Waals surface area (Å²) in [5.41, 5.74) is -0.859. The first-order chi connectivity index (χ1) is 16.8. The molecular weight excluding hydrogens is 519 g/mol. The van der Waals surface area contributed by atoms with Crippen LogP contribution in [-0.2, 0) is 32.3 Å². The fourth-order valence-corrected chi connectivity index (χ4v) is 4.42. The largest absolute Gasteiger partial charge is 0.416 e. The monoisotopic (exact) mass is 547 g/mol. The molecule has 1 unspecified atom stereocenters. The van der Waals surface area contributed by atoms with Gasteiger partial charge in [0.25, 0.3) is 0 Å². The van der Waals surface area contributed by atoms with Gasteiger partial charge in [-0.2, -0.15) is 13.2 Å². The van der Waals surface area contributed by atoms with Crippen LogP contribution in [0.3, 0.4) is 0 Å². The fourth-order valence-electron chi connectivity index (χ4n) is 3.38. The number of amides is 2. The molecule has 0 aliphatic carbocycles. The zero-order valence-corrected chi connectivity index (χ0v) is 21.8. The van der Waals surface area contributed by atoms with Crippen molar-refractivity contribution in [3.05, 3.63) is 64.7 Å². The molecule has 0 saturated heterocycles. The number of nitrogens with zero attached hydrogens (tertiary/aromatic N) is 2. The van der Waals surface area contributed by atoms with Crippen LogP contribution in [0, 0.1) is 0 Å². The van der Waals surface area contributed by atoms with Crippen molar-refractivity contribution in [1.29, 1.82) is 0 Å². The molecule has 0 bridgehead atoms. The van der Waals surface area contributed by atoms with Crippen LogP contribution in [0.25, 0.3) is 0 Å². The number of nitrogens with one attached hydrogen (secondary N) is 1. The number of anilines is 1. The topological polar surface area (TPSA) is 86.8 Å². The van der Waals surface area contributed by atoms with Crippen molar-refractivity contribution in [3.63, 3.8) is 0 Å². The third-order valence-corrected chi connectivity index (χ3v) is 6.95. The number of alkyl halides is 3. The Labute approximate surface area is 214 Å². The van der Waals surface area contributed by atoms with Crippen molar-refractivity contribution < 1.29 is 31.2 Å². The van der Waals surface area contributed by atoms with E-state index in [-0.39, 0.29) is 12.2 Å². The first kappa shape index (κ1) is 29.4. The molecule has 0 spiro atoms. The minimum atomic E-state index is -4.70. The summed E-state index contributed by atoms with van der Waals surface area (Å²) in [6.45, 7) is 2.92. The first-order valence-electron chi connectivity index (χ1n) is 11.2. The number of sulfonamides is 1. The van der Waals surface area contributed by atoms with Gasteiger partial charge in [-0.05, 0) is 43.2 Å². The molecule has 0 heterocycles. The van der Waals surface area contributed by atoms with Gasteiger partial charge in [0.05, 0.1) is 17.5 Å². The molecule has 2 aromatic rings. The molecule has 1 N–H and O–H groups in total. The summed E-state index contributed by atoms with van der Waals surface area (Å²) < 4.78 is 65.3. The van der Waals surface area contributed by atoms with Crippen LogP contribution in [0.5, 0.6) is 0 Å². The van der Waals surface area contributed by atoms with Crippen LogP contribution in [0.2, 0.25) is 5.02 Å². The van der Waals surface area contributed by atoms with E-state index in [0.717, 1.165) is 36.1 Å². The van der Waals surface area contributed by atoms with Crippen LogP contribution in [0.15, 0.2) is 48.5 Å². The molecule has 0 saturated carbocycles. The predicted octanol–water partition coefficient (Wildman–Crippen LogP) is 4.46. The molecule has 36 heavy (non-hydrogen) atoms. The first-order valence-corrected chi connectivity index (χ1v) is 13.4. The van der Waals surface area contributed by atoms with Gasteiger partial charge in [0.2, 0.25) is 21.8 Å². The van der Waals surface area contributed by atoms with Crippen molar-refractivity contribution in [3.8, 4) is 0 Å². The molecule has 0 aromatic heterocycles. The second-order valence-electron chi connectivity index (χ2n) is 8.25. The summed E-state index contributed by atoms with van der Waals surface area (Å²) >= 11 is 6.24. The van der Waals surface area contributed by atoms with Gasteiger partial charge in [0.1, 0.15) is 12.6 Å². The lowest BCUT2D eigenvalue weighted by molar-refractivity contribution is -0.139. The number of benzene rings is 2. The Hall–Kier alpha value is -2.79. The molecule has 0 aliphatic rings. The van der Waals surface area contributed by atoms with E-state index in [0.29, 0.717) is 27.5 Å². The van der Waals surface area contributed by atoms with Gasteiger partial charge in [0, 0.05) is 18.1 Å². The molecule has 7 nitrogen and oxygen atoms in total. The van der Waals surface area contributed by atoms with Crippen LogP contribution in [0.4, 0.5) is 18.9 Å². The summed E-state index contributed by atoms with van der Waals surface area (Å²) in [5.74, 6) is -1.23. The second-order valence-corrected chi connectivity index (χ2v) is 10.6. The highest BCUT2D eigenvalue weighted by atomic mass is 35.5. The zero-order chi connectivity index (χ0) is 27.1. The van der Waals surface area contributed by atoms with Crippen molar-refractivity contribution in [2.75, 3.05) is 23.7 Å². The highest BCUT2D eigenvalue weighted by Crippen LogP contribution is 2.32. The standard InChI is InChI=1S/C24H29ClF3N3O4S/c1-4-5-13-29-23(33)17(2)30(15-18-9-6-7-12-21(18)25)22(32)16-31(36(3,34)35)20-11-8-10-19(14-20)24(26,27)28/h6-12,14,17H,4-5,13,15-16H2,1-3H3,(H,29,33). The van der Waals surface area contributed by atoms with Crippen molar-refractivity contribution in [1.82, 2.24) is 10.2 Å². The minimum absolute atomic E-state index is 0.110.